The van der Waals surface area contributed by atoms with Crippen molar-refractivity contribution in [3.63, 3.8) is 0 Å². The van der Waals surface area contributed by atoms with Crippen molar-refractivity contribution in [3.8, 4) is 0 Å². The molecule has 0 aliphatic rings. The van der Waals surface area contributed by atoms with Crippen molar-refractivity contribution in [1.82, 2.24) is 5.32 Å². The molecule has 0 saturated heterocycles. The van der Waals surface area contributed by atoms with Gasteiger partial charge < -0.3 is 21.5 Å². The fourth-order valence-corrected chi connectivity index (χ4v) is 3.75. The van der Waals surface area contributed by atoms with Crippen LogP contribution in [0, 0.1) is 0 Å². The van der Waals surface area contributed by atoms with E-state index in [1.165, 1.54) is 18.6 Å². The van der Waals surface area contributed by atoms with Crippen LogP contribution in [-0.4, -0.2) is 38.3 Å². The number of nitrogens with two attached hydrogens (primary N) is 2. The number of nitrogens with one attached hydrogen (secondary N) is 1. The zero-order valence-corrected chi connectivity index (χ0v) is 16.6. The van der Waals surface area contributed by atoms with Crippen LogP contribution in [0.25, 0.3) is 0 Å². The third kappa shape index (κ3) is 6.76. The molecule has 0 aliphatic carbocycles. The van der Waals surface area contributed by atoms with Crippen LogP contribution in [0.4, 0.5) is 4.79 Å². The van der Waals surface area contributed by atoms with Crippen LogP contribution in [0.2, 0.25) is 0 Å². The monoisotopic (exact) mass is 401 g/mol. The summed E-state index contributed by atoms with van der Waals surface area (Å²) in [5, 5.41) is 2.37. The maximum absolute atomic E-state index is 12.0. The number of hydrogen-bond donors (Lipinski definition) is 4. The molecule has 9 heteroatoms. The van der Waals surface area contributed by atoms with E-state index in [0.29, 0.717) is 0 Å². The molecule has 2 unspecified atom stereocenters. The summed E-state index contributed by atoms with van der Waals surface area (Å²) in [6, 6.07) is 6.44. The Morgan fingerprint density at radius 1 is 1.19 bits per heavy atom. The number of amides is 1. The number of carbonyl (C=O) groups excluding carboxylic acids is 1. The van der Waals surface area contributed by atoms with E-state index in [1.807, 2.05) is 0 Å². The molecule has 154 valence electrons. The van der Waals surface area contributed by atoms with Crippen LogP contribution in [-0.2, 0) is 19.7 Å². The maximum Gasteiger partial charge on any atom is 0.407 e. The third-order valence-electron chi connectivity index (χ3n) is 4.43. The summed E-state index contributed by atoms with van der Waals surface area (Å²) in [6.07, 6.45) is 5.42. The van der Waals surface area contributed by atoms with Crippen molar-refractivity contribution in [2.24, 2.45) is 11.5 Å². The van der Waals surface area contributed by atoms with Crippen molar-refractivity contribution >= 4 is 16.2 Å². The lowest BCUT2D eigenvalue weighted by molar-refractivity contribution is 0.137. The summed E-state index contributed by atoms with van der Waals surface area (Å²) in [5.41, 5.74) is 11.8. The smallest absolute Gasteiger partial charge is 0.407 e. The number of alkyl carbamates (subject to hydrolysis) is 1. The van der Waals surface area contributed by atoms with Gasteiger partial charge in [0, 0.05) is 6.54 Å². The van der Waals surface area contributed by atoms with E-state index in [0.717, 1.165) is 32.1 Å². The van der Waals surface area contributed by atoms with Crippen LogP contribution in [0.1, 0.15) is 51.0 Å². The van der Waals surface area contributed by atoms with Gasteiger partial charge in [-0.25, -0.2) is 4.79 Å². The Hall–Kier alpha value is -1.68. The van der Waals surface area contributed by atoms with E-state index in [9.17, 15) is 17.8 Å². The van der Waals surface area contributed by atoms with Gasteiger partial charge in [0.1, 0.15) is 0 Å². The minimum absolute atomic E-state index is 0.110. The van der Waals surface area contributed by atoms with Gasteiger partial charge >= 0.3 is 6.09 Å². The fraction of sp³-hybridized carbons (Fsp3) is 0.611. The summed E-state index contributed by atoms with van der Waals surface area (Å²) in [7, 11) is -4.78. The van der Waals surface area contributed by atoms with E-state index in [-0.39, 0.29) is 18.7 Å². The van der Waals surface area contributed by atoms with Gasteiger partial charge in [-0.2, -0.15) is 8.42 Å². The SMILES string of the molecule is CCCCCCCCOC(=O)NC(CN)C(N)(c1ccccc1)S(=O)(=O)O. The number of hydrogen-bond acceptors (Lipinski definition) is 6. The van der Waals surface area contributed by atoms with E-state index < -0.39 is 27.1 Å². The molecule has 1 rings (SSSR count). The van der Waals surface area contributed by atoms with E-state index >= 15 is 0 Å². The lowest BCUT2D eigenvalue weighted by atomic mass is 9.99. The van der Waals surface area contributed by atoms with Crippen LogP contribution in [0.15, 0.2) is 30.3 Å². The Balaban J connectivity index is 2.70. The number of ether oxygens (including phenoxy) is 1. The zero-order valence-electron chi connectivity index (χ0n) is 15.8. The van der Waals surface area contributed by atoms with Crippen molar-refractivity contribution in [1.29, 1.82) is 0 Å². The maximum atomic E-state index is 12.0. The Bertz CT molecular complexity index is 669. The number of rotatable bonds is 12. The van der Waals surface area contributed by atoms with E-state index in [2.05, 4.69) is 12.2 Å². The molecule has 0 saturated carbocycles. The largest absolute Gasteiger partial charge is 0.450 e. The van der Waals surface area contributed by atoms with Crippen LogP contribution in [0.3, 0.4) is 0 Å². The Morgan fingerprint density at radius 3 is 2.33 bits per heavy atom. The molecule has 0 fully saturated rings. The fourth-order valence-electron chi connectivity index (χ4n) is 2.80. The molecule has 0 bridgehead atoms. The number of carbonyl (C=O) groups is 1. The molecular formula is C18H31N3O5S. The highest BCUT2D eigenvalue weighted by Gasteiger charge is 2.48. The van der Waals surface area contributed by atoms with Gasteiger partial charge in [0.05, 0.1) is 12.6 Å². The van der Waals surface area contributed by atoms with Crippen molar-refractivity contribution < 1.29 is 22.5 Å². The van der Waals surface area contributed by atoms with Crippen LogP contribution in [0.5, 0.6) is 0 Å². The quantitative estimate of drug-likeness (QED) is 0.310. The third-order valence-corrected chi connectivity index (χ3v) is 5.80. The molecular weight excluding hydrogens is 370 g/mol. The first-order chi connectivity index (χ1) is 12.8. The van der Waals surface area contributed by atoms with Gasteiger partial charge in [-0.3, -0.25) is 4.55 Å². The molecule has 0 heterocycles. The topological polar surface area (TPSA) is 145 Å². The minimum atomic E-state index is -4.78. The average Bonchev–Trinajstić information content (AvgIpc) is 2.64. The van der Waals surface area contributed by atoms with Crippen molar-refractivity contribution in [2.45, 2.75) is 56.4 Å². The molecule has 0 radical (unpaired) electrons. The van der Waals surface area contributed by atoms with Gasteiger partial charge in [0.2, 0.25) is 0 Å². The highest BCUT2D eigenvalue weighted by molar-refractivity contribution is 7.86. The molecule has 27 heavy (non-hydrogen) atoms. The zero-order chi connectivity index (χ0) is 20.3. The normalized spacial score (nSPS) is 15.0. The summed E-state index contributed by atoms with van der Waals surface area (Å²) >= 11 is 0. The Morgan fingerprint density at radius 2 is 1.78 bits per heavy atom. The second kappa shape index (κ2) is 11.2. The molecule has 8 nitrogen and oxygen atoms in total. The number of unbranched alkanes of at least 4 members (excludes halogenated alkanes) is 5. The summed E-state index contributed by atoms with van der Waals surface area (Å²) in [5.74, 6) is 0. The summed E-state index contributed by atoms with van der Waals surface area (Å²) < 4.78 is 38.8. The van der Waals surface area contributed by atoms with Crippen LogP contribution < -0.4 is 16.8 Å². The predicted molar refractivity (Wildman–Crippen MR) is 105 cm³/mol. The second-order valence-corrected chi connectivity index (χ2v) is 8.10. The highest BCUT2D eigenvalue weighted by atomic mass is 32.2. The molecule has 1 aromatic carbocycles. The highest BCUT2D eigenvalue weighted by Crippen LogP contribution is 2.27. The van der Waals surface area contributed by atoms with E-state index in [4.69, 9.17) is 16.2 Å². The average molecular weight is 402 g/mol. The van der Waals surface area contributed by atoms with Gasteiger partial charge in [-0.15, -0.1) is 0 Å². The van der Waals surface area contributed by atoms with Gasteiger partial charge in [0.15, 0.2) is 4.87 Å². The standard InChI is InChI=1S/C18H31N3O5S/c1-2-3-4-5-6-10-13-26-17(22)21-16(14-19)18(20,27(23,24)25)15-11-8-7-9-12-15/h7-9,11-12,16H,2-6,10,13-14,19-20H2,1H3,(H,21,22)(H,23,24,25). The summed E-state index contributed by atoms with van der Waals surface area (Å²) in [6.45, 7) is 2.04. The van der Waals surface area contributed by atoms with Gasteiger partial charge in [0.25, 0.3) is 10.1 Å². The molecule has 0 aliphatic heterocycles. The molecule has 0 spiro atoms. The minimum Gasteiger partial charge on any atom is -0.450 e. The first kappa shape index (κ1) is 23.4. The van der Waals surface area contributed by atoms with Gasteiger partial charge in [-0.05, 0) is 12.0 Å². The lowest BCUT2D eigenvalue weighted by Crippen LogP contribution is -2.63. The molecule has 6 N–H and O–H groups in total. The molecule has 0 aromatic heterocycles. The first-order valence-electron chi connectivity index (χ1n) is 9.22. The molecule has 1 aromatic rings. The van der Waals surface area contributed by atoms with Crippen LogP contribution >= 0.6 is 0 Å². The first-order valence-corrected chi connectivity index (χ1v) is 10.7. The predicted octanol–water partition coefficient (Wildman–Crippen LogP) is 2.10. The van der Waals surface area contributed by atoms with Crippen molar-refractivity contribution in [3.05, 3.63) is 35.9 Å². The Kier molecular flexibility index (Phi) is 9.71. The van der Waals surface area contributed by atoms with Crippen molar-refractivity contribution in [2.75, 3.05) is 13.2 Å². The Labute approximate surface area is 161 Å². The number of benzene rings is 1. The van der Waals surface area contributed by atoms with Gasteiger partial charge in [-0.1, -0.05) is 69.4 Å². The lowest BCUT2D eigenvalue weighted by Gasteiger charge is -2.34. The second-order valence-electron chi connectivity index (χ2n) is 6.47. The molecule has 1 amide bonds. The van der Waals surface area contributed by atoms with E-state index in [1.54, 1.807) is 18.2 Å². The summed E-state index contributed by atoms with van der Waals surface area (Å²) in [4.78, 5) is 9.74. The molecule has 2 atom stereocenters.